The monoisotopic (exact) mass is 257 g/mol. The fourth-order valence-electron chi connectivity index (χ4n) is 1.69. The van der Waals surface area contributed by atoms with Gasteiger partial charge in [-0.25, -0.2) is 4.79 Å². The molecule has 1 rings (SSSR count). The standard InChI is InChI=1S/C11H19N3O4/c1-3-13(6-4-10(16)18-2)8-9(15)14-7-5-12-11(14)17/h3-8H2,1-2H3,(H,12,17). The second-order valence-corrected chi connectivity index (χ2v) is 3.97. The summed E-state index contributed by atoms with van der Waals surface area (Å²) in [5, 5.41) is 2.57. The van der Waals surface area contributed by atoms with Crippen molar-refractivity contribution in [3.63, 3.8) is 0 Å². The molecule has 0 bridgehead atoms. The lowest BCUT2D eigenvalue weighted by molar-refractivity contribution is -0.141. The number of urea groups is 1. The number of hydrogen-bond acceptors (Lipinski definition) is 5. The van der Waals surface area contributed by atoms with Gasteiger partial charge in [-0.1, -0.05) is 6.92 Å². The molecule has 0 aromatic carbocycles. The summed E-state index contributed by atoms with van der Waals surface area (Å²) < 4.78 is 4.54. The van der Waals surface area contributed by atoms with Crippen LogP contribution in [0.2, 0.25) is 0 Å². The van der Waals surface area contributed by atoms with Crippen LogP contribution in [0.1, 0.15) is 13.3 Å². The number of nitrogens with one attached hydrogen (secondary N) is 1. The number of esters is 1. The maximum absolute atomic E-state index is 11.8. The summed E-state index contributed by atoms with van der Waals surface area (Å²) >= 11 is 0. The fraction of sp³-hybridized carbons (Fsp3) is 0.727. The number of rotatable bonds is 6. The minimum atomic E-state index is -0.343. The van der Waals surface area contributed by atoms with Crippen molar-refractivity contribution >= 4 is 17.9 Å². The third kappa shape index (κ3) is 3.99. The van der Waals surface area contributed by atoms with E-state index in [2.05, 4.69) is 10.1 Å². The number of carbonyl (C=O) groups is 3. The first-order valence-corrected chi connectivity index (χ1v) is 5.95. The zero-order valence-electron chi connectivity index (χ0n) is 10.8. The molecule has 1 saturated heterocycles. The topological polar surface area (TPSA) is 79.0 Å². The maximum atomic E-state index is 11.8. The van der Waals surface area contributed by atoms with Gasteiger partial charge in [0, 0.05) is 19.6 Å². The quantitative estimate of drug-likeness (QED) is 0.644. The van der Waals surface area contributed by atoms with Crippen molar-refractivity contribution in [1.29, 1.82) is 0 Å². The van der Waals surface area contributed by atoms with E-state index >= 15 is 0 Å². The van der Waals surface area contributed by atoms with Gasteiger partial charge in [0.1, 0.15) is 0 Å². The molecule has 1 heterocycles. The average Bonchev–Trinajstić information content (AvgIpc) is 2.80. The Hall–Kier alpha value is -1.63. The molecule has 7 nitrogen and oxygen atoms in total. The molecule has 0 spiro atoms. The second-order valence-electron chi connectivity index (χ2n) is 3.97. The molecule has 1 N–H and O–H groups in total. The molecule has 0 radical (unpaired) electrons. The Labute approximate surface area is 106 Å². The summed E-state index contributed by atoms with van der Waals surface area (Å²) in [6, 6.07) is -0.343. The highest BCUT2D eigenvalue weighted by Gasteiger charge is 2.26. The third-order valence-electron chi connectivity index (χ3n) is 2.82. The van der Waals surface area contributed by atoms with Crippen LogP contribution in [0.25, 0.3) is 0 Å². The molecule has 0 aromatic heterocycles. The predicted molar refractivity (Wildman–Crippen MR) is 63.9 cm³/mol. The molecule has 0 aliphatic carbocycles. The van der Waals surface area contributed by atoms with Crippen molar-refractivity contribution in [1.82, 2.24) is 15.1 Å². The molecular formula is C11H19N3O4. The maximum Gasteiger partial charge on any atom is 0.324 e. The number of ether oxygens (including phenoxy) is 1. The predicted octanol–water partition coefficient (Wildman–Crippen LogP) is -0.577. The Bertz CT molecular complexity index is 332. The summed E-state index contributed by atoms with van der Waals surface area (Å²) in [5.41, 5.74) is 0. The lowest BCUT2D eigenvalue weighted by atomic mass is 10.3. The Morgan fingerprint density at radius 2 is 2.22 bits per heavy atom. The molecule has 3 amide bonds. The van der Waals surface area contributed by atoms with E-state index in [0.717, 1.165) is 0 Å². The summed E-state index contributed by atoms with van der Waals surface area (Å²) in [7, 11) is 1.33. The minimum absolute atomic E-state index is 0.140. The third-order valence-corrected chi connectivity index (χ3v) is 2.82. The number of imide groups is 1. The molecule has 1 aliphatic rings. The normalized spacial score (nSPS) is 14.8. The Morgan fingerprint density at radius 3 is 2.72 bits per heavy atom. The molecule has 0 atom stereocenters. The van der Waals surface area contributed by atoms with Gasteiger partial charge in [0.15, 0.2) is 0 Å². The van der Waals surface area contributed by atoms with E-state index in [-0.39, 0.29) is 30.9 Å². The number of hydrogen-bond donors (Lipinski definition) is 1. The van der Waals surface area contributed by atoms with E-state index in [9.17, 15) is 14.4 Å². The van der Waals surface area contributed by atoms with Crippen molar-refractivity contribution in [3.8, 4) is 0 Å². The first-order valence-electron chi connectivity index (χ1n) is 5.95. The molecule has 0 saturated carbocycles. The SMILES string of the molecule is CCN(CCC(=O)OC)CC(=O)N1CCNC1=O. The van der Waals surface area contributed by atoms with Crippen LogP contribution in [0.3, 0.4) is 0 Å². The fourth-order valence-corrected chi connectivity index (χ4v) is 1.69. The van der Waals surface area contributed by atoms with Crippen molar-refractivity contribution in [2.75, 3.05) is 39.8 Å². The van der Waals surface area contributed by atoms with Crippen molar-refractivity contribution in [2.45, 2.75) is 13.3 Å². The van der Waals surface area contributed by atoms with E-state index in [1.165, 1.54) is 12.0 Å². The van der Waals surface area contributed by atoms with Gasteiger partial charge in [-0.3, -0.25) is 19.4 Å². The highest BCUT2D eigenvalue weighted by molar-refractivity contribution is 5.96. The Balaban J connectivity index is 2.40. The molecule has 102 valence electrons. The van der Waals surface area contributed by atoms with Crippen LogP contribution in [0.15, 0.2) is 0 Å². The Kier molecular flexibility index (Phi) is 5.57. The highest BCUT2D eigenvalue weighted by atomic mass is 16.5. The molecule has 7 heteroatoms. The molecule has 0 aromatic rings. The van der Waals surface area contributed by atoms with Gasteiger partial charge in [-0.05, 0) is 6.54 Å². The number of likely N-dealkylation sites (N-methyl/N-ethyl adjacent to an activating group) is 1. The van der Waals surface area contributed by atoms with Crippen LogP contribution in [0.5, 0.6) is 0 Å². The van der Waals surface area contributed by atoms with Gasteiger partial charge in [-0.2, -0.15) is 0 Å². The minimum Gasteiger partial charge on any atom is -0.469 e. The summed E-state index contributed by atoms with van der Waals surface area (Å²) in [5.74, 6) is -0.545. The van der Waals surface area contributed by atoms with Crippen LogP contribution in [0.4, 0.5) is 4.79 Å². The summed E-state index contributed by atoms with van der Waals surface area (Å²) in [6.45, 7) is 4.03. The van der Waals surface area contributed by atoms with E-state index in [1.807, 2.05) is 11.8 Å². The largest absolute Gasteiger partial charge is 0.469 e. The number of amides is 3. The molecule has 1 fully saturated rings. The van der Waals surface area contributed by atoms with E-state index < -0.39 is 0 Å². The zero-order valence-corrected chi connectivity index (χ0v) is 10.8. The molecule has 0 unspecified atom stereocenters. The van der Waals surface area contributed by atoms with Crippen LogP contribution >= 0.6 is 0 Å². The van der Waals surface area contributed by atoms with Gasteiger partial charge >= 0.3 is 12.0 Å². The van der Waals surface area contributed by atoms with E-state index in [4.69, 9.17) is 0 Å². The zero-order chi connectivity index (χ0) is 13.5. The number of carbonyl (C=O) groups excluding carboxylic acids is 3. The van der Waals surface area contributed by atoms with Crippen molar-refractivity contribution < 1.29 is 19.1 Å². The second kappa shape index (κ2) is 6.95. The Morgan fingerprint density at radius 1 is 1.50 bits per heavy atom. The number of methoxy groups -OCH3 is 1. The van der Waals surface area contributed by atoms with Gasteiger partial charge in [0.05, 0.1) is 20.1 Å². The first-order chi connectivity index (χ1) is 8.58. The van der Waals surface area contributed by atoms with E-state index in [1.54, 1.807) is 0 Å². The lowest BCUT2D eigenvalue weighted by Crippen LogP contribution is -2.42. The summed E-state index contributed by atoms with van der Waals surface area (Å²) in [4.78, 5) is 37.2. The lowest BCUT2D eigenvalue weighted by Gasteiger charge is -2.21. The van der Waals surface area contributed by atoms with Gasteiger partial charge in [0.25, 0.3) is 0 Å². The van der Waals surface area contributed by atoms with E-state index in [0.29, 0.717) is 26.2 Å². The molecular weight excluding hydrogens is 238 g/mol. The highest BCUT2D eigenvalue weighted by Crippen LogP contribution is 2.01. The smallest absolute Gasteiger partial charge is 0.324 e. The van der Waals surface area contributed by atoms with Gasteiger partial charge in [-0.15, -0.1) is 0 Å². The molecule has 18 heavy (non-hydrogen) atoms. The average molecular weight is 257 g/mol. The van der Waals surface area contributed by atoms with Crippen LogP contribution in [0, 0.1) is 0 Å². The van der Waals surface area contributed by atoms with Crippen LogP contribution in [-0.4, -0.2) is 67.5 Å². The van der Waals surface area contributed by atoms with Crippen LogP contribution < -0.4 is 5.32 Å². The van der Waals surface area contributed by atoms with Crippen molar-refractivity contribution in [3.05, 3.63) is 0 Å². The molecule has 1 aliphatic heterocycles. The van der Waals surface area contributed by atoms with Gasteiger partial charge in [0.2, 0.25) is 5.91 Å². The van der Waals surface area contributed by atoms with Crippen molar-refractivity contribution in [2.24, 2.45) is 0 Å². The van der Waals surface area contributed by atoms with Gasteiger partial charge < -0.3 is 10.1 Å². The van der Waals surface area contributed by atoms with Crippen LogP contribution in [-0.2, 0) is 14.3 Å². The summed E-state index contributed by atoms with van der Waals surface area (Å²) in [6.07, 6.45) is 0.240. The number of nitrogens with zero attached hydrogens (tertiary/aromatic N) is 2. The first kappa shape index (κ1) is 14.4.